The van der Waals surface area contributed by atoms with Gasteiger partial charge in [-0.1, -0.05) is 15.9 Å². The fourth-order valence-corrected chi connectivity index (χ4v) is 1.50. The Morgan fingerprint density at radius 1 is 1.46 bits per heavy atom. The van der Waals surface area contributed by atoms with Crippen molar-refractivity contribution in [3.05, 3.63) is 38.9 Å². The minimum atomic E-state index is -0.250. The number of aromatic nitrogens is 1. The summed E-state index contributed by atoms with van der Waals surface area (Å²) in [5.41, 5.74) is 0.320. The van der Waals surface area contributed by atoms with Crippen molar-refractivity contribution >= 4 is 26.9 Å². The molecule has 2 rings (SSSR count). The Morgan fingerprint density at radius 3 is 3.00 bits per heavy atom. The van der Waals surface area contributed by atoms with Crippen LogP contribution in [0.15, 0.2) is 31.9 Å². The molecular weight excluding hydrogens is 234 g/mol. The highest BCUT2D eigenvalue weighted by Crippen LogP contribution is 2.16. The number of halogens is 1. The molecule has 0 N–H and O–H groups in total. The van der Waals surface area contributed by atoms with Gasteiger partial charge in [0.15, 0.2) is 5.89 Å². The van der Waals surface area contributed by atoms with E-state index in [1.807, 2.05) is 6.07 Å². The molecule has 0 saturated carbocycles. The Balaban J connectivity index is 2.95. The van der Waals surface area contributed by atoms with E-state index < -0.39 is 0 Å². The maximum Gasteiger partial charge on any atom is 0.283 e. The predicted octanol–water partition coefficient (Wildman–Crippen LogP) is 2.26. The first-order valence-corrected chi connectivity index (χ1v) is 4.53. The third kappa shape index (κ3) is 1.49. The first-order chi connectivity index (χ1) is 6.16. The van der Waals surface area contributed by atoms with Crippen LogP contribution in [0.25, 0.3) is 11.0 Å². The SMILES string of the molecule is Cc1nc(=O)c2cc(Br)ccc2o1. The van der Waals surface area contributed by atoms with Crippen molar-refractivity contribution in [3.8, 4) is 0 Å². The van der Waals surface area contributed by atoms with E-state index in [4.69, 9.17) is 4.42 Å². The minimum absolute atomic E-state index is 0.250. The zero-order valence-electron chi connectivity index (χ0n) is 6.87. The van der Waals surface area contributed by atoms with Crippen molar-refractivity contribution in [2.75, 3.05) is 0 Å². The summed E-state index contributed by atoms with van der Waals surface area (Å²) in [4.78, 5) is 15.1. The lowest BCUT2D eigenvalue weighted by atomic mass is 10.2. The number of nitrogens with zero attached hydrogens (tertiary/aromatic N) is 1. The molecule has 3 nitrogen and oxygen atoms in total. The standard InChI is InChI=1S/C9H6BrNO2/c1-5-11-9(12)7-4-6(10)2-3-8(7)13-5/h2-4H,1H3. The van der Waals surface area contributed by atoms with Crippen molar-refractivity contribution in [1.29, 1.82) is 0 Å². The average molecular weight is 240 g/mol. The lowest BCUT2D eigenvalue weighted by Gasteiger charge is -1.97. The molecule has 0 amide bonds. The summed E-state index contributed by atoms with van der Waals surface area (Å²) < 4.78 is 6.11. The quantitative estimate of drug-likeness (QED) is 0.709. The van der Waals surface area contributed by atoms with Gasteiger partial charge in [0.1, 0.15) is 5.58 Å². The van der Waals surface area contributed by atoms with Gasteiger partial charge >= 0.3 is 0 Å². The second-order valence-electron chi connectivity index (χ2n) is 2.68. The molecule has 0 aliphatic heterocycles. The zero-order valence-corrected chi connectivity index (χ0v) is 8.46. The van der Waals surface area contributed by atoms with Crippen LogP contribution in [-0.4, -0.2) is 4.98 Å². The Labute approximate surface area is 82.5 Å². The fourth-order valence-electron chi connectivity index (χ4n) is 1.14. The fraction of sp³-hybridized carbons (Fsp3) is 0.111. The third-order valence-electron chi connectivity index (χ3n) is 1.69. The van der Waals surface area contributed by atoms with Gasteiger partial charge in [-0.2, -0.15) is 4.98 Å². The molecule has 13 heavy (non-hydrogen) atoms. The van der Waals surface area contributed by atoms with Crippen LogP contribution in [0.1, 0.15) is 5.89 Å². The van der Waals surface area contributed by atoms with Gasteiger partial charge in [0.2, 0.25) is 0 Å². The van der Waals surface area contributed by atoms with Gasteiger partial charge < -0.3 is 4.42 Å². The molecule has 0 unspecified atom stereocenters. The summed E-state index contributed by atoms with van der Waals surface area (Å²) in [6.45, 7) is 1.66. The number of fused-ring (bicyclic) bond motifs is 1. The largest absolute Gasteiger partial charge is 0.442 e. The van der Waals surface area contributed by atoms with Crippen molar-refractivity contribution in [2.24, 2.45) is 0 Å². The molecule has 0 aliphatic carbocycles. The highest BCUT2D eigenvalue weighted by molar-refractivity contribution is 9.10. The molecule has 4 heteroatoms. The molecule has 0 spiro atoms. The third-order valence-corrected chi connectivity index (χ3v) is 2.18. The molecule has 0 fully saturated rings. The summed E-state index contributed by atoms with van der Waals surface area (Å²) in [6.07, 6.45) is 0. The van der Waals surface area contributed by atoms with Crippen LogP contribution in [0.3, 0.4) is 0 Å². The van der Waals surface area contributed by atoms with Crippen LogP contribution < -0.4 is 5.56 Å². The zero-order chi connectivity index (χ0) is 9.42. The molecule has 0 saturated heterocycles. The lowest BCUT2D eigenvalue weighted by molar-refractivity contribution is 0.534. The Hall–Kier alpha value is -1.16. The second kappa shape index (κ2) is 2.96. The molecule has 0 aliphatic rings. The van der Waals surface area contributed by atoms with Crippen LogP contribution in [-0.2, 0) is 0 Å². The Kier molecular flexibility index (Phi) is 1.92. The molecule has 1 aromatic carbocycles. The molecule has 2 aromatic rings. The van der Waals surface area contributed by atoms with E-state index in [0.717, 1.165) is 4.47 Å². The van der Waals surface area contributed by atoms with Gasteiger partial charge in [-0.15, -0.1) is 0 Å². The summed E-state index contributed by atoms with van der Waals surface area (Å²) in [5, 5.41) is 0.500. The van der Waals surface area contributed by atoms with E-state index in [1.54, 1.807) is 19.1 Å². The molecule has 66 valence electrons. The second-order valence-corrected chi connectivity index (χ2v) is 3.59. The highest BCUT2D eigenvalue weighted by atomic mass is 79.9. The van der Waals surface area contributed by atoms with E-state index >= 15 is 0 Å². The highest BCUT2D eigenvalue weighted by Gasteiger charge is 2.02. The molecule has 0 bridgehead atoms. The summed E-state index contributed by atoms with van der Waals surface area (Å²) >= 11 is 3.28. The van der Waals surface area contributed by atoms with Gasteiger partial charge in [0, 0.05) is 11.4 Å². The summed E-state index contributed by atoms with van der Waals surface area (Å²) in [7, 11) is 0. The first kappa shape index (κ1) is 8.44. The van der Waals surface area contributed by atoms with E-state index in [1.165, 1.54) is 0 Å². The predicted molar refractivity (Wildman–Crippen MR) is 52.7 cm³/mol. The van der Waals surface area contributed by atoms with E-state index in [9.17, 15) is 4.79 Å². The van der Waals surface area contributed by atoms with Crippen LogP contribution in [0.4, 0.5) is 0 Å². The van der Waals surface area contributed by atoms with Crippen molar-refractivity contribution in [3.63, 3.8) is 0 Å². The van der Waals surface area contributed by atoms with Crippen molar-refractivity contribution in [1.82, 2.24) is 4.98 Å². The van der Waals surface area contributed by atoms with Gasteiger partial charge in [-0.25, -0.2) is 0 Å². The normalized spacial score (nSPS) is 10.6. The number of hydrogen-bond donors (Lipinski definition) is 0. The molecule has 1 aromatic heterocycles. The van der Waals surface area contributed by atoms with Gasteiger partial charge in [-0.3, -0.25) is 4.79 Å². The van der Waals surface area contributed by atoms with Crippen LogP contribution in [0.5, 0.6) is 0 Å². The van der Waals surface area contributed by atoms with E-state index in [2.05, 4.69) is 20.9 Å². The maximum absolute atomic E-state index is 11.4. The number of aryl methyl sites for hydroxylation is 1. The average Bonchev–Trinajstić information content (AvgIpc) is 2.06. The monoisotopic (exact) mass is 239 g/mol. The molecule has 1 heterocycles. The Morgan fingerprint density at radius 2 is 2.23 bits per heavy atom. The van der Waals surface area contributed by atoms with Crippen LogP contribution in [0, 0.1) is 6.92 Å². The summed E-state index contributed by atoms with van der Waals surface area (Å²) in [5.74, 6) is 0.389. The van der Waals surface area contributed by atoms with Crippen LogP contribution in [0.2, 0.25) is 0 Å². The van der Waals surface area contributed by atoms with Gasteiger partial charge in [-0.05, 0) is 18.2 Å². The number of benzene rings is 1. The first-order valence-electron chi connectivity index (χ1n) is 3.74. The smallest absolute Gasteiger partial charge is 0.283 e. The minimum Gasteiger partial charge on any atom is -0.442 e. The van der Waals surface area contributed by atoms with Crippen molar-refractivity contribution < 1.29 is 4.42 Å². The van der Waals surface area contributed by atoms with E-state index in [0.29, 0.717) is 16.9 Å². The molecular formula is C9H6BrNO2. The van der Waals surface area contributed by atoms with Gasteiger partial charge in [0.25, 0.3) is 5.56 Å². The molecule has 0 atom stereocenters. The summed E-state index contributed by atoms with van der Waals surface area (Å²) in [6, 6.07) is 5.27. The lowest BCUT2D eigenvalue weighted by Crippen LogP contribution is -2.06. The maximum atomic E-state index is 11.4. The van der Waals surface area contributed by atoms with E-state index in [-0.39, 0.29) is 5.56 Å². The number of hydrogen-bond acceptors (Lipinski definition) is 3. The van der Waals surface area contributed by atoms with Crippen molar-refractivity contribution in [2.45, 2.75) is 6.92 Å². The topological polar surface area (TPSA) is 43.1 Å². The molecule has 0 radical (unpaired) electrons. The van der Waals surface area contributed by atoms with Gasteiger partial charge in [0.05, 0.1) is 5.39 Å². The number of rotatable bonds is 0. The van der Waals surface area contributed by atoms with Crippen LogP contribution >= 0.6 is 15.9 Å². The Bertz CT molecular complexity index is 518.